The molecule has 0 radical (unpaired) electrons. The highest BCUT2D eigenvalue weighted by Gasteiger charge is 2.18. The number of thiazole rings is 1. The predicted octanol–water partition coefficient (Wildman–Crippen LogP) is 2.60. The molecule has 0 atom stereocenters. The number of carbonyl (C=O) groups excluding carboxylic acids is 1. The second-order valence-corrected chi connectivity index (χ2v) is 5.54. The van der Waals surface area contributed by atoms with Crippen molar-refractivity contribution >= 4 is 45.5 Å². The van der Waals surface area contributed by atoms with E-state index in [4.69, 9.17) is 22.5 Å². The third-order valence-corrected chi connectivity index (χ3v) is 4.03. The summed E-state index contributed by atoms with van der Waals surface area (Å²) in [4.78, 5) is 19.6. The lowest BCUT2D eigenvalue weighted by molar-refractivity contribution is 0.104. The van der Waals surface area contributed by atoms with Crippen LogP contribution in [0.5, 0.6) is 0 Å². The van der Waals surface area contributed by atoms with Gasteiger partial charge in [0.25, 0.3) is 0 Å². The van der Waals surface area contributed by atoms with Gasteiger partial charge in [-0.25, -0.2) is 4.98 Å². The van der Waals surface area contributed by atoms with Gasteiger partial charge in [0.05, 0.1) is 5.56 Å². The van der Waals surface area contributed by atoms with Gasteiger partial charge in [-0.05, 0) is 18.2 Å². The van der Waals surface area contributed by atoms with Crippen LogP contribution in [0.15, 0.2) is 34.9 Å². The molecule has 106 valence electrons. The number of aromatic amines is 1. The number of fused-ring (bicyclic) bond motifs is 1. The first kappa shape index (κ1) is 13.6. The molecule has 1 aromatic carbocycles. The minimum atomic E-state index is -0.245. The monoisotopic (exact) mass is 320 g/mol. The van der Waals surface area contributed by atoms with Gasteiger partial charge in [0.15, 0.2) is 10.8 Å². The highest BCUT2D eigenvalue weighted by atomic mass is 35.5. The number of hydrogen-bond acceptors (Lipinski definition) is 5. The van der Waals surface area contributed by atoms with Crippen molar-refractivity contribution in [3.05, 3.63) is 51.1 Å². The highest BCUT2D eigenvalue weighted by Crippen LogP contribution is 2.25. The maximum absolute atomic E-state index is 12.5. The van der Waals surface area contributed by atoms with Crippen LogP contribution in [-0.4, -0.2) is 26.8 Å². The molecule has 6 nitrogen and oxygen atoms in total. The molecule has 0 fully saturated rings. The van der Waals surface area contributed by atoms with E-state index in [9.17, 15) is 4.79 Å². The number of benzene rings is 1. The minimum Gasteiger partial charge on any atom is -0.409 e. The maximum Gasteiger partial charge on any atom is 0.223 e. The SMILES string of the molecule is N/C(=N\O)c1csc(C(=O)c2c[nH]c3ccc(Cl)cc23)n1. The lowest BCUT2D eigenvalue weighted by atomic mass is 10.1. The number of hydrogen-bond donors (Lipinski definition) is 3. The van der Waals surface area contributed by atoms with Crippen LogP contribution in [0.1, 0.15) is 21.1 Å². The number of nitrogens with two attached hydrogens (primary N) is 1. The Kier molecular flexibility index (Phi) is 3.36. The van der Waals surface area contributed by atoms with Crippen LogP contribution in [0.3, 0.4) is 0 Å². The summed E-state index contributed by atoms with van der Waals surface area (Å²) in [5.41, 5.74) is 7.01. The third kappa shape index (κ3) is 2.37. The van der Waals surface area contributed by atoms with Crippen LogP contribution in [0.25, 0.3) is 10.9 Å². The number of carbonyl (C=O) groups is 1. The van der Waals surface area contributed by atoms with Gasteiger partial charge in [-0.15, -0.1) is 11.3 Å². The quantitative estimate of drug-likeness (QED) is 0.227. The molecule has 3 aromatic rings. The van der Waals surface area contributed by atoms with Crippen molar-refractivity contribution in [3.8, 4) is 0 Å². The van der Waals surface area contributed by atoms with Crippen molar-refractivity contribution < 1.29 is 10.0 Å². The van der Waals surface area contributed by atoms with E-state index in [0.29, 0.717) is 10.6 Å². The Hall–Kier alpha value is -2.38. The second-order valence-electron chi connectivity index (χ2n) is 4.24. The van der Waals surface area contributed by atoms with Crippen molar-refractivity contribution in [2.24, 2.45) is 10.9 Å². The smallest absolute Gasteiger partial charge is 0.223 e. The lowest BCUT2D eigenvalue weighted by Gasteiger charge is -1.96. The lowest BCUT2D eigenvalue weighted by Crippen LogP contribution is -2.14. The van der Waals surface area contributed by atoms with Gasteiger partial charge >= 0.3 is 0 Å². The topological polar surface area (TPSA) is 104 Å². The molecular formula is C13H9ClN4O2S. The van der Waals surface area contributed by atoms with E-state index in [1.54, 1.807) is 29.8 Å². The van der Waals surface area contributed by atoms with Crippen molar-refractivity contribution in [2.75, 3.05) is 0 Å². The van der Waals surface area contributed by atoms with Crippen LogP contribution < -0.4 is 5.73 Å². The molecular weight excluding hydrogens is 312 g/mol. The molecule has 0 saturated carbocycles. The Morgan fingerprint density at radius 3 is 3.05 bits per heavy atom. The van der Waals surface area contributed by atoms with E-state index >= 15 is 0 Å². The van der Waals surface area contributed by atoms with Crippen molar-refractivity contribution in [1.29, 1.82) is 0 Å². The summed E-state index contributed by atoms with van der Waals surface area (Å²) in [6.45, 7) is 0. The van der Waals surface area contributed by atoms with E-state index in [1.807, 2.05) is 0 Å². The summed E-state index contributed by atoms with van der Waals surface area (Å²) in [5.74, 6) is -0.377. The first-order valence-corrected chi connectivity index (χ1v) is 7.10. The molecule has 0 spiro atoms. The van der Waals surface area contributed by atoms with Gasteiger partial charge in [-0.2, -0.15) is 0 Å². The zero-order valence-electron chi connectivity index (χ0n) is 10.5. The molecule has 0 aliphatic heterocycles. The molecule has 8 heteroatoms. The van der Waals surface area contributed by atoms with Crippen molar-refractivity contribution in [3.63, 3.8) is 0 Å². The number of halogens is 1. The Balaban J connectivity index is 2.04. The minimum absolute atomic E-state index is 0.132. The summed E-state index contributed by atoms with van der Waals surface area (Å²) in [5, 5.41) is 14.6. The molecule has 0 saturated heterocycles. The van der Waals surface area contributed by atoms with Gasteiger partial charge in [0.2, 0.25) is 5.78 Å². The van der Waals surface area contributed by atoms with E-state index in [1.165, 1.54) is 0 Å². The number of nitrogens with one attached hydrogen (secondary N) is 1. The number of ketones is 1. The molecule has 2 aromatic heterocycles. The van der Waals surface area contributed by atoms with Crippen LogP contribution >= 0.6 is 22.9 Å². The Bertz CT molecular complexity index is 868. The zero-order chi connectivity index (χ0) is 15.0. The standard InChI is InChI=1S/C13H9ClN4O2S/c14-6-1-2-9-7(3-6)8(4-16-9)11(19)13-17-10(5-21-13)12(15)18-20/h1-5,16,20H,(H2,15,18). The zero-order valence-corrected chi connectivity index (χ0v) is 12.1. The summed E-state index contributed by atoms with van der Waals surface area (Å²) >= 11 is 7.10. The summed E-state index contributed by atoms with van der Waals surface area (Å²) in [6.07, 6.45) is 1.62. The molecule has 0 bridgehead atoms. The molecule has 3 rings (SSSR count). The van der Waals surface area contributed by atoms with Crippen LogP contribution in [0.2, 0.25) is 5.02 Å². The van der Waals surface area contributed by atoms with E-state index in [0.717, 1.165) is 22.2 Å². The van der Waals surface area contributed by atoms with Crippen molar-refractivity contribution in [2.45, 2.75) is 0 Å². The maximum atomic E-state index is 12.5. The van der Waals surface area contributed by atoms with Crippen LogP contribution in [0, 0.1) is 0 Å². The predicted molar refractivity (Wildman–Crippen MR) is 81.4 cm³/mol. The van der Waals surface area contributed by atoms with Gasteiger partial charge in [0, 0.05) is 27.5 Å². The number of H-pyrrole nitrogens is 1. The molecule has 0 aliphatic carbocycles. The number of amidine groups is 1. The second kappa shape index (κ2) is 5.19. The Labute approximate surface area is 127 Å². The van der Waals surface area contributed by atoms with Gasteiger partial charge in [-0.3, -0.25) is 4.79 Å². The van der Waals surface area contributed by atoms with Gasteiger partial charge in [-0.1, -0.05) is 16.8 Å². The first-order chi connectivity index (χ1) is 10.1. The number of nitrogens with zero attached hydrogens (tertiary/aromatic N) is 2. The highest BCUT2D eigenvalue weighted by molar-refractivity contribution is 7.12. The summed E-state index contributed by atoms with van der Waals surface area (Å²) in [6, 6.07) is 5.27. The average molecular weight is 321 g/mol. The fourth-order valence-electron chi connectivity index (χ4n) is 1.94. The largest absolute Gasteiger partial charge is 0.409 e. The molecule has 0 amide bonds. The first-order valence-electron chi connectivity index (χ1n) is 5.85. The van der Waals surface area contributed by atoms with E-state index in [-0.39, 0.29) is 22.3 Å². The Morgan fingerprint density at radius 2 is 2.29 bits per heavy atom. The molecule has 4 N–H and O–H groups in total. The summed E-state index contributed by atoms with van der Waals surface area (Å²) in [7, 11) is 0. The number of rotatable bonds is 3. The third-order valence-electron chi connectivity index (χ3n) is 2.96. The van der Waals surface area contributed by atoms with Crippen LogP contribution in [0.4, 0.5) is 0 Å². The molecule has 21 heavy (non-hydrogen) atoms. The van der Waals surface area contributed by atoms with E-state index in [2.05, 4.69) is 15.1 Å². The molecule has 0 aliphatic rings. The number of aromatic nitrogens is 2. The fourth-order valence-corrected chi connectivity index (χ4v) is 2.88. The van der Waals surface area contributed by atoms with Gasteiger partial charge < -0.3 is 15.9 Å². The number of oxime groups is 1. The van der Waals surface area contributed by atoms with Crippen LogP contribution in [-0.2, 0) is 0 Å². The van der Waals surface area contributed by atoms with E-state index < -0.39 is 0 Å². The molecule has 2 heterocycles. The normalized spacial score (nSPS) is 12.0. The fraction of sp³-hybridized carbons (Fsp3) is 0. The van der Waals surface area contributed by atoms with Crippen molar-refractivity contribution in [1.82, 2.24) is 9.97 Å². The summed E-state index contributed by atoms with van der Waals surface area (Å²) < 4.78 is 0. The van der Waals surface area contributed by atoms with Gasteiger partial charge in [0.1, 0.15) is 5.69 Å². The average Bonchev–Trinajstić information content (AvgIpc) is 3.12. The Morgan fingerprint density at radius 1 is 1.48 bits per heavy atom. The molecule has 0 unspecified atom stereocenters.